The minimum absolute atomic E-state index is 0.00821. The van der Waals surface area contributed by atoms with Crippen molar-refractivity contribution < 1.29 is 21.6 Å². The molecule has 114 valence electrons. The van der Waals surface area contributed by atoms with Crippen LogP contribution < -0.4 is 4.74 Å². The molecule has 0 heterocycles. The average molecular weight is 382 g/mol. The summed E-state index contributed by atoms with van der Waals surface area (Å²) < 4.78 is 50.2. The zero-order valence-corrected chi connectivity index (χ0v) is 14.2. The molecule has 0 saturated heterocycles. The highest BCUT2D eigenvalue weighted by molar-refractivity contribution is 8.13. The van der Waals surface area contributed by atoms with Crippen molar-refractivity contribution in [3.63, 3.8) is 0 Å². The van der Waals surface area contributed by atoms with Gasteiger partial charge in [-0.2, -0.15) is 0 Å². The Morgan fingerprint density at radius 2 is 1.70 bits per heavy atom. The van der Waals surface area contributed by atoms with E-state index in [0.717, 1.165) is 6.07 Å². The SMILES string of the molecule is CCS(=O)(=O)CCOc1ccc(S(=O)(=O)Cl)c(Cl)c1Cl. The predicted molar refractivity (Wildman–Crippen MR) is 79.3 cm³/mol. The second-order valence-electron chi connectivity index (χ2n) is 3.71. The van der Waals surface area contributed by atoms with Crippen LogP contribution in [0.4, 0.5) is 0 Å². The molecule has 0 atom stereocenters. The lowest BCUT2D eigenvalue weighted by Crippen LogP contribution is -2.15. The van der Waals surface area contributed by atoms with Gasteiger partial charge in [-0.25, -0.2) is 16.8 Å². The summed E-state index contributed by atoms with van der Waals surface area (Å²) in [5.41, 5.74) is 0. The van der Waals surface area contributed by atoms with Crippen LogP contribution in [-0.4, -0.2) is 34.9 Å². The monoisotopic (exact) mass is 380 g/mol. The smallest absolute Gasteiger partial charge is 0.262 e. The molecule has 0 aliphatic carbocycles. The Bertz CT molecular complexity index is 698. The van der Waals surface area contributed by atoms with Gasteiger partial charge in [0.25, 0.3) is 9.05 Å². The maximum Gasteiger partial charge on any atom is 0.262 e. The summed E-state index contributed by atoms with van der Waals surface area (Å²) in [7, 11) is -2.00. The molecular weight excluding hydrogens is 371 g/mol. The summed E-state index contributed by atoms with van der Waals surface area (Å²) in [4.78, 5) is -0.334. The first-order valence-corrected chi connectivity index (χ1v) is 10.2. The molecule has 0 bridgehead atoms. The van der Waals surface area contributed by atoms with E-state index in [1.54, 1.807) is 0 Å². The first kappa shape index (κ1) is 17.8. The van der Waals surface area contributed by atoms with Crippen molar-refractivity contribution in [1.29, 1.82) is 0 Å². The maximum atomic E-state index is 11.3. The van der Waals surface area contributed by atoms with Crippen molar-refractivity contribution in [2.75, 3.05) is 18.1 Å². The average Bonchev–Trinajstić information content (AvgIpc) is 2.33. The van der Waals surface area contributed by atoms with Gasteiger partial charge >= 0.3 is 0 Å². The standard InChI is InChI=1S/C10H11Cl3O5S2/c1-2-19(14,15)6-5-18-7-3-4-8(20(13,16)17)10(12)9(7)11/h3-4H,2,5-6H2,1H3. The molecule has 10 heteroatoms. The molecule has 0 spiro atoms. The van der Waals surface area contributed by atoms with E-state index >= 15 is 0 Å². The molecule has 0 radical (unpaired) electrons. The molecule has 0 unspecified atom stereocenters. The van der Waals surface area contributed by atoms with Gasteiger partial charge in [-0.05, 0) is 12.1 Å². The number of benzene rings is 1. The molecule has 5 nitrogen and oxygen atoms in total. The van der Waals surface area contributed by atoms with Crippen molar-refractivity contribution in [3.05, 3.63) is 22.2 Å². The number of sulfone groups is 1. The lowest BCUT2D eigenvalue weighted by Gasteiger charge is -2.10. The zero-order valence-electron chi connectivity index (χ0n) is 10.3. The van der Waals surface area contributed by atoms with E-state index in [2.05, 4.69) is 0 Å². The van der Waals surface area contributed by atoms with Crippen molar-refractivity contribution >= 4 is 52.8 Å². The normalized spacial score (nSPS) is 12.4. The fourth-order valence-corrected chi connectivity index (χ4v) is 3.65. The lowest BCUT2D eigenvalue weighted by molar-refractivity contribution is 0.341. The summed E-state index contributed by atoms with van der Waals surface area (Å²) in [5, 5.41) is -0.403. The molecule has 0 aliphatic heterocycles. The van der Waals surface area contributed by atoms with Gasteiger partial charge in [0.2, 0.25) is 0 Å². The van der Waals surface area contributed by atoms with Crippen molar-refractivity contribution in [3.8, 4) is 5.75 Å². The van der Waals surface area contributed by atoms with E-state index in [9.17, 15) is 16.8 Å². The topological polar surface area (TPSA) is 77.5 Å². The van der Waals surface area contributed by atoms with Gasteiger partial charge in [0, 0.05) is 16.4 Å². The van der Waals surface area contributed by atoms with Gasteiger partial charge in [0.05, 0.1) is 10.8 Å². The van der Waals surface area contributed by atoms with Gasteiger partial charge in [0.1, 0.15) is 22.3 Å². The minimum atomic E-state index is -4.02. The van der Waals surface area contributed by atoms with Crippen molar-refractivity contribution in [2.24, 2.45) is 0 Å². The number of ether oxygens (including phenoxy) is 1. The van der Waals surface area contributed by atoms with E-state index < -0.39 is 18.9 Å². The van der Waals surface area contributed by atoms with Crippen molar-refractivity contribution in [2.45, 2.75) is 11.8 Å². The Balaban J connectivity index is 2.93. The van der Waals surface area contributed by atoms with Crippen LogP contribution in [0.25, 0.3) is 0 Å². The summed E-state index contributed by atoms with van der Waals surface area (Å²) in [6, 6.07) is 2.41. The molecule has 0 aromatic heterocycles. The Morgan fingerprint density at radius 1 is 1.10 bits per heavy atom. The van der Waals surface area contributed by atoms with Crippen LogP contribution in [0.2, 0.25) is 10.0 Å². The molecule has 1 aromatic rings. The molecule has 1 aromatic carbocycles. The first-order chi connectivity index (χ1) is 9.08. The second kappa shape index (κ2) is 6.70. The highest BCUT2D eigenvalue weighted by Gasteiger charge is 2.20. The third-order valence-electron chi connectivity index (χ3n) is 2.37. The van der Waals surface area contributed by atoms with Gasteiger partial charge < -0.3 is 4.74 Å². The van der Waals surface area contributed by atoms with Crippen LogP contribution in [0, 0.1) is 0 Å². The largest absolute Gasteiger partial charge is 0.491 e. The Kier molecular flexibility index (Phi) is 5.98. The summed E-state index contributed by atoms with van der Waals surface area (Å²) in [6.07, 6.45) is 0. The Labute approximate surface area is 132 Å². The highest BCUT2D eigenvalue weighted by Crippen LogP contribution is 2.37. The fraction of sp³-hybridized carbons (Fsp3) is 0.400. The molecule has 0 aliphatic rings. The van der Waals surface area contributed by atoms with Crippen LogP contribution in [0.3, 0.4) is 0 Å². The van der Waals surface area contributed by atoms with Gasteiger partial charge in [0.15, 0.2) is 9.84 Å². The first-order valence-electron chi connectivity index (χ1n) is 5.34. The minimum Gasteiger partial charge on any atom is -0.491 e. The third kappa shape index (κ3) is 4.66. The number of halogens is 3. The molecule has 0 N–H and O–H groups in total. The Hall–Kier alpha value is -0.210. The van der Waals surface area contributed by atoms with E-state index in [1.807, 2.05) is 0 Å². The van der Waals surface area contributed by atoms with Gasteiger partial charge in [-0.15, -0.1) is 0 Å². The van der Waals surface area contributed by atoms with E-state index in [0.29, 0.717) is 0 Å². The molecule has 0 fully saturated rings. The molecule has 20 heavy (non-hydrogen) atoms. The van der Waals surface area contributed by atoms with Crippen LogP contribution in [0.5, 0.6) is 5.75 Å². The van der Waals surface area contributed by atoms with Gasteiger partial charge in [-0.1, -0.05) is 30.1 Å². The van der Waals surface area contributed by atoms with E-state index in [1.165, 1.54) is 13.0 Å². The van der Waals surface area contributed by atoms with Crippen molar-refractivity contribution in [1.82, 2.24) is 0 Å². The summed E-state index contributed by atoms with van der Waals surface area (Å²) >= 11 is 11.6. The maximum absolute atomic E-state index is 11.3. The number of hydrogen-bond donors (Lipinski definition) is 0. The second-order valence-corrected chi connectivity index (χ2v) is 9.48. The molecule has 0 saturated carbocycles. The molecular formula is C10H11Cl3O5S2. The number of hydrogen-bond acceptors (Lipinski definition) is 5. The zero-order chi connectivity index (χ0) is 15.6. The molecule has 0 amide bonds. The summed E-state index contributed by atoms with van der Waals surface area (Å²) in [6.45, 7) is 1.42. The molecule has 1 rings (SSSR count). The summed E-state index contributed by atoms with van der Waals surface area (Å²) in [5.74, 6) is -0.0755. The predicted octanol–water partition coefficient (Wildman–Crippen LogP) is 2.73. The Morgan fingerprint density at radius 3 is 2.20 bits per heavy atom. The van der Waals surface area contributed by atoms with Crippen LogP contribution >= 0.6 is 33.9 Å². The number of rotatable bonds is 6. The van der Waals surface area contributed by atoms with E-state index in [4.69, 9.17) is 38.6 Å². The third-order valence-corrected chi connectivity index (χ3v) is 6.38. The van der Waals surface area contributed by atoms with E-state index in [-0.39, 0.29) is 38.8 Å². The van der Waals surface area contributed by atoms with Crippen LogP contribution in [0.15, 0.2) is 17.0 Å². The highest BCUT2D eigenvalue weighted by atomic mass is 35.7. The van der Waals surface area contributed by atoms with Crippen LogP contribution in [-0.2, 0) is 18.9 Å². The fourth-order valence-electron chi connectivity index (χ4n) is 1.24. The lowest BCUT2D eigenvalue weighted by atomic mass is 10.3. The van der Waals surface area contributed by atoms with Crippen LogP contribution in [0.1, 0.15) is 6.92 Å². The van der Waals surface area contributed by atoms with Gasteiger partial charge in [-0.3, -0.25) is 0 Å². The quantitative estimate of drug-likeness (QED) is 0.708.